The number of rotatable bonds is 3. The minimum absolute atomic E-state index is 0.612. The van der Waals surface area contributed by atoms with E-state index in [0.29, 0.717) is 5.92 Å². The van der Waals surface area contributed by atoms with E-state index in [4.69, 9.17) is 0 Å². The number of aliphatic imine (C=N–C) groups is 1. The van der Waals surface area contributed by atoms with E-state index in [1.165, 1.54) is 11.1 Å². The molecule has 1 aliphatic carbocycles. The van der Waals surface area contributed by atoms with Crippen LogP contribution in [0, 0.1) is 5.92 Å². The van der Waals surface area contributed by atoms with Crippen molar-refractivity contribution in [1.29, 1.82) is 0 Å². The zero-order valence-electron chi connectivity index (χ0n) is 10.6. The third kappa shape index (κ3) is 2.94. The van der Waals surface area contributed by atoms with Crippen LogP contribution >= 0.6 is 0 Å². The Morgan fingerprint density at radius 1 is 1.29 bits per heavy atom. The van der Waals surface area contributed by atoms with E-state index in [9.17, 15) is 0 Å². The summed E-state index contributed by atoms with van der Waals surface area (Å²) in [5.74, 6) is 0.612. The predicted molar refractivity (Wildman–Crippen MR) is 74.5 cm³/mol. The van der Waals surface area contributed by atoms with Crippen LogP contribution in [0.5, 0.6) is 0 Å². The van der Waals surface area contributed by atoms with E-state index in [2.05, 4.69) is 61.3 Å². The molecule has 0 N–H and O–H groups in total. The first kappa shape index (κ1) is 11.8. The number of allylic oxidation sites excluding steroid dienone is 4. The largest absolute Gasteiger partial charge is 0.284 e. The maximum Gasteiger partial charge on any atom is 0.0715 e. The van der Waals surface area contributed by atoms with Crippen LogP contribution < -0.4 is 0 Å². The second-order valence-corrected chi connectivity index (χ2v) is 4.43. The van der Waals surface area contributed by atoms with Gasteiger partial charge in [-0.3, -0.25) is 4.99 Å². The van der Waals surface area contributed by atoms with Crippen molar-refractivity contribution >= 4 is 5.71 Å². The lowest BCUT2D eigenvalue weighted by Gasteiger charge is -2.14. The molecule has 0 heterocycles. The molecule has 1 aliphatic rings. The van der Waals surface area contributed by atoms with Gasteiger partial charge >= 0.3 is 0 Å². The van der Waals surface area contributed by atoms with E-state index in [0.717, 1.165) is 18.7 Å². The minimum Gasteiger partial charge on any atom is -0.284 e. The van der Waals surface area contributed by atoms with Gasteiger partial charge in [0.05, 0.1) is 5.71 Å². The molecular formula is C16H19N. The summed E-state index contributed by atoms with van der Waals surface area (Å²) in [5, 5.41) is 0. The van der Waals surface area contributed by atoms with E-state index in [1.54, 1.807) is 0 Å². The van der Waals surface area contributed by atoms with Crippen molar-refractivity contribution in [3.8, 4) is 0 Å². The topological polar surface area (TPSA) is 12.4 Å². The molecule has 0 fully saturated rings. The summed E-state index contributed by atoms with van der Waals surface area (Å²) in [4.78, 5) is 4.65. The van der Waals surface area contributed by atoms with Crippen molar-refractivity contribution in [2.24, 2.45) is 10.9 Å². The first-order chi connectivity index (χ1) is 8.31. The first-order valence-electron chi connectivity index (χ1n) is 6.30. The van der Waals surface area contributed by atoms with E-state index in [-0.39, 0.29) is 0 Å². The smallest absolute Gasteiger partial charge is 0.0715 e. The Labute approximate surface area is 104 Å². The molecule has 1 nitrogen and oxygen atoms in total. The second kappa shape index (κ2) is 5.62. The van der Waals surface area contributed by atoms with Crippen LogP contribution in [0.15, 0.2) is 59.1 Å². The van der Waals surface area contributed by atoms with Crippen LogP contribution in [0.3, 0.4) is 0 Å². The third-order valence-electron chi connectivity index (χ3n) is 2.91. The molecule has 88 valence electrons. The molecule has 17 heavy (non-hydrogen) atoms. The fourth-order valence-electron chi connectivity index (χ4n) is 2.10. The molecule has 1 unspecified atom stereocenters. The molecule has 2 rings (SSSR count). The Morgan fingerprint density at radius 2 is 2.06 bits per heavy atom. The molecule has 0 aromatic heterocycles. The van der Waals surface area contributed by atoms with Gasteiger partial charge in [0.2, 0.25) is 0 Å². The van der Waals surface area contributed by atoms with Crippen molar-refractivity contribution < 1.29 is 0 Å². The molecule has 0 saturated carbocycles. The fourth-order valence-corrected chi connectivity index (χ4v) is 2.10. The minimum atomic E-state index is 0.612. The van der Waals surface area contributed by atoms with Gasteiger partial charge in [0.25, 0.3) is 0 Å². The molecule has 1 atom stereocenters. The van der Waals surface area contributed by atoms with E-state index < -0.39 is 0 Å². The number of benzene rings is 1. The summed E-state index contributed by atoms with van der Waals surface area (Å²) in [6.45, 7) is 5.15. The van der Waals surface area contributed by atoms with Crippen molar-refractivity contribution in [2.45, 2.75) is 20.3 Å². The van der Waals surface area contributed by atoms with Gasteiger partial charge in [0.1, 0.15) is 0 Å². The summed E-state index contributed by atoms with van der Waals surface area (Å²) in [6, 6.07) is 10.4. The SMILES string of the molecule is CCN=C(C1=CC(C)CC=C1)c1ccccc1. The zero-order valence-corrected chi connectivity index (χ0v) is 10.6. The maximum absolute atomic E-state index is 4.65. The highest BCUT2D eigenvalue weighted by Gasteiger charge is 2.11. The molecule has 0 amide bonds. The van der Waals surface area contributed by atoms with Crippen LogP contribution in [-0.2, 0) is 0 Å². The summed E-state index contributed by atoms with van der Waals surface area (Å²) in [5.41, 5.74) is 3.59. The molecule has 0 bridgehead atoms. The Morgan fingerprint density at radius 3 is 2.71 bits per heavy atom. The van der Waals surface area contributed by atoms with Crippen molar-refractivity contribution in [2.75, 3.05) is 6.54 Å². The molecule has 0 saturated heterocycles. The molecule has 1 aromatic carbocycles. The lowest BCUT2D eigenvalue weighted by molar-refractivity contribution is 0.733. The molecule has 1 heteroatoms. The monoisotopic (exact) mass is 225 g/mol. The van der Waals surface area contributed by atoms with Gasteiger partial charge in [-0.05, 0) is 24.8 Å². The second-order valence-electron chi connectivity index (χ2n) is 4.43. The van der Waals surface area contributed by atoms with Crippen molar-refractivity contribution in [3.63, 3.8) is 0 Å². The van der Waals surface area contributed by atoms with Gasteiger partial charge in [0.15, 0.2) is 0 Å². The quantitative estimate of drug-likeness (QED) is 0.689. The van der Waals surface area contributed by atoms with Crippen LogP contribution in [0.1, 0.15) is 25.8 Å². The Hall–Kier alpha value is -1.63. The van der Waals surface area contributed by atoms with Gasteiger partial charge in [-0.15, -0.1) is 0 Å². The van der Waals surface area contributed by atoms with Crippen molar-refractivity contribution in [3.05, 3.63) is 59.7 Å². The van der Waals surface area contributed by atoms with Gasteiger partial charge in [-0.1, -0.05) is 55.5 Å². The average molecular weight is 225 g/mol. The summed E-state index contributed by atoms with van der Waals surface area (Å²) >= 11 is 0. The van der Waals surface area contributed by atoms with Gasteiger partial charge in [0, 0.05) is 12.1 Å². The van der Waals surface area contributed by atoms with Crippen molar-refractivity contribution in [1.82, 2.24) is 0 Å². The van der Waals surface area contributed by atoms with E-state index in [1.807, 2.05) is 6.07 Å². The number of hydrogen-bond acceptors (Lipinski definition) is 1. The first-order valence-corrected chi connectivity index (χ1v) is 6.30. The molecule has 0 radical (unpaired) electrons. The van der Waals surface area contributed by atoms with E-state index >= 15 is 0 Å². The highest BCUT2D eigenvalue weighted by atomic mass is 14.7. The van der Waals surface area contributed by atoms with Gasteiger partial charge < -0.3 is 0 Å². The zero-order chi connectivity index (χ0) is 12.1. The van der Waals surface area contributed by atoms with Gasteiger partial charge in [-0.25, -0.2) is 0 Å². The highest BCUT2D eigenvalue weighted by molar-refractivity contribution is 6.14. The average Bonchev–Trinajstić information content (AvgIpc) is 2.37. The molecule has 0 aliphatic heterocycles. The lowest BCUT2D eigenvalue weighted by Crippen LogP contribution is -2.08. The Balaban J connectivity index is 2.37. The van der Waals surface area contributed by atoms with Crippen LogP contribution in [0.4, 0.5) is 0 Å². The van der Waals surface area contributed by atoms with Crippen LogP contribution in [-0.4, -0.2) is 12.3 Å². The van der Waals surface area contributed by atoms with Gasteiger partial charge in [-0.2, -0.15) is 0 Å². The lowest BCUT2D eigenvalue weighted by atomic mass is 9.92. The van der Waals surface area contributed by atoms with Crippen LogP contribution in [0.25, 0.3) is 0 Å². The molecular weight excluding hydrogens is 206 g/mol. The third-order valence-corrected chi connectivity index (χ3v) is 2.91. The molecule has 1 aromatic rings. The Kier molecular flexibility index (Phi) is 3.92. The molecule has 0 spiro atoms. The van der Waals surface area contributed by atoms with Crippen LogP contribution in [0.2, 0.25) is 0 Å². The Bertz CT molecular complexity index is 452. The highest BCUT2D eigenvalue weighted by Crippen LogP contribution is 2.20. The fraction of sp³-hybridized carbons (Fsp3) is 0.312. The summed E-state index contributed by atoms with van der Waals surface area (Å²) in [6.07, 6.45) is 7.90. The summed E-state index contributed by atoms with van der Waals surface area (Å²) < 4.78 is 0. The predicted octanol–water partition coefficient (Wildman–Crippen LogP) is 4.02. The normalized spacial score (nSPS) is 20.2. The number of nitrogens with zero attached hydrogens (tertiary/aromatic N) is 1. The summed E-state index contributed by atoms with van der Waals surface area (Å²) in [7, 11) is 0. The number of hydrogen-bond donors (Lipinski definition) is 0. The standard InChI is InChI=1S/C16H19N/c1-3-17-16(14-9-5-4-6-10-14)15-11-7-8-13(2)12-15/h4-7,9-13H,3,8H2,1-2H3. The maximum atomic E-state index is 4.65.